The highest BCUT2D eigenvalue weighted by molar-refractivity contribution is 7.87. The van der Waals surface area contributed by atoms with Crippen LogP contribution < -0.4 is 25.8 Å². The highest BCUT2D eigenvalue weighted by atomic mass is 32.2. The van der Waals surface area contributed by atoms with Crippen LogP contribution >= 0.6 is 0 Å². The van der Waals surface area contributed by atoms with E-state index in [1.807, 2.05) is 97.9 Å². The molecule has 3 aromatic heterocycles. The minimum absolute atomic E-state index is 0.00135. The van der Waals surface area contributed by atoms with E-state index in [2.05, 4.69) is 30.9 Å². The zero-order valence-corrected chi connectivity index (χ0v) is 50.2. The minimum atomic E-state index is -3.99. The standard InChI is InChI=1S/C19H24N2O3.C17H22N4O4S.C17H20N2O3.C10H18O4/c1-2-24-18(23)13-6-4-3-5-12-17(22)21-16-11-7-9-15-10-8-14-20-19(15)16;18-26(24,25)21-16(23)11-4-2-1-3-10-15(22)20-14-9-5-7-13-8-6-12-19-17(13)14;20-15(10-3-1-2-4-11-16(21)22)19-14-9-5-7-13-8-6-12-18-17(13)14;1-2-14-10(13)8-6-4-3-5-7-9(11)12/h7-11,14H,2-6,12-13H2,1H3,(H,21,22);5-9,12H,1-4,10-11H2,(H,20,22)(H,21,23)(H2,18,24,25);5-9,12H,1-4,10-11H2,(H,19,20)(H,21,22);2-8H2,1H3,(H,11,12). The number of para-hydroxylation sites is 3. The van der Waals surface area contributed by atoms with Crippen LogP contribution in [0, 0.1) is 0 Å². The Balaban J connectivity index is 0.000000306. The van der Waals surface area contributed by atoms with Gasteiger partial charge >= 0.3 is 23.9 Å². The lowest BCUT2D eigenvalue weighted by atomic mass is 10.1. The van der Waals surface area contributed by atoms with Crippen molar-refractivity contribution < 1.29 is 66.5 Å². The Morgan fingerprint density at radius 3 is 0.942 bits per heavy atom. The number of hydrogen-bond donors (Lipinski definition) is 7. The van der Waals surface area contributed by atoms with Gasteiger partial charge in [0.15, 0.2) is 0 Å². The first kappa shape index (κ1) is 71.8. The highest BCUT2D eigenvalue weighted by Gasteiger charge is 2.12. The Morgan fingerprint density at radius 1 is 0.395 bits per heavy atom. The molecule has 0 radical (unpaired) electrons. The summed E-state index contributed by atoms with van der Waals surface area (Å²) in [4.78, 5) is 103. The maximum Gasteiger partial charge on any atom is 0.305 e. The van der Waals surface area contributed by atoms with Gasteiger partial charge < -0.3 is 35.6 Å². The van der Waals surface area contributed by atoms with E-state index < -0.39 is 28.1 Å². The van der Waals surface area contributed by atoms with Crippen molar-refractivity contribution in [1.82, 2.24) is 19.7 Å². The second kappa shape index (κ2) is 42.4. The van der Waals surface area contributed by atoms with Gasteiger partial charge in [0.05, 0.1) is 46.8 Å². The molecule has 0 aliphatic heterocycles. The summed E-state index contributed by atoms with van der Waals surface area (Å²) < 4.78 is 32.7. The molecule has 6 rings (SSSR count). The Kier molecular flexibility index (Phi) is 35.4. The fourth-order valence-corrected chi connectivity index (χ4v) is 9.00. The molecule has 0 aliphatic rings. The molecule has 8 N–H and O–H groups in total. The second-order valence-corrected chi connectivity index (χ2v) is 21.2. The lowest BCUT2D eigenvalue weighted by Crippen LogP contribution is -2.35. The van der Waals surface area contributed by atoms with Crippen molar-refractivity contribution in [3.63, 3.8) is 0 Å². The smallest absolute Gasteiger partial charge is 0.305 e. The number of carboxylic acid groups (broad SMARTS) is 2. The predicted molar refractivity (Wildman–Crippen MR) is 332 cm³/mol. The largest absolute Gasteiger partial charge is 0.481 e. The maximum atomic E-state index is 12.1. The van der Waals surface area contributed by atoms with Crippen molar-refractivity contribution in [3.05, 3.63) is 110 Å². The summed E-state index contributed by atoms with van der Waals surface area (Å²) in [5.41, 5.74) is 4.52. The Bertz CT molecular complexity index is 3180. The molecule has 22 nitrogen and oxygen atoms in total. The van der Waals surface area contributed by atoms with Crippen LogP contribution in [0.3, 0.4) is 0 Å². The van der Waals surface area contributed by atoms with Gasteiger partial charge in [-0.15, -0.1) is 0 Å². The summed E-state index contributed by atoms with van der Waals surface area (Å²) in [6.45, 7) is 4.45. The van der Waals surface area contributed by atoms with Gasteiger partial charge in [0.25, 0.3) is 10.2 Å². The van der Waals surface area contributed by atoms with E-state index in [4.69, 9.17) is 24.8 Å². The number of amides is 4. The van der Waals surface area contributed by atoms with Crippen molar-refractivity contribution in [3.8, 4) is 0 Å². The Hall–Kier alpha value is -8.44. The molecule has 0 saturated carbocycles. The monoisotopic (exact) mass is 1210 g/mol. The third kappa shape index (κ3) is 32.6. The number of anilines is 3. The molecule has 4 amide bonds. The van der Waals surface area contributed by atoms with E-state index in [1.165, 1.54) is 0 Å². The van der Waals surface area contributed by atoms with Crippen LogP contribution in [0.2, 0.25) is 0 Å². The number of fused-ring (bicyclic) bond motifs is 3. The third-order valence-corrected chi connectivity index (χ3v) is 13.3. The van der Waals surface area contributed by atoms with Gasteiger partial charge in [0, 0.05) is 86.1 Å². The molecular formula is C63H84N8O14S. The number of carboxylic acids is 2. The average Bonchev–Trinajstić information content (AvgIpc) is 3.60. The minimum Gasteiger partial charge on any atom is -0.481 e. The number of hydrogen-bond acceptors (Lipinski definition) is 15. The number of unbranched alkanes of at least 4 members (excludes halogenated alkanes) is 12. The zero-order chi connectivity index (χ0) is 62.8. The first-order chi connectivity index (χ1) is 41.4. The van der Waals surface area contributed by atoms with Crippen molar-refractivity contribution in [1.29, 1.82) is 0 Å². The predicted octanol–water partition coefficient (Wildman–Crippen LogP) is 11.5. The summed E-state index contributed by atoms with van der Waals surface area (Å²) in [7, 11) is -3.99. The van der Waals surface area contributed by atoms with E-state index in [0.717, 1.165) is 121 Å². The number of aromatic nitrogens is 3. The van der Waals surface area contributed by atoms with Crippen LogP contribution in [-0.2, 0) is 58.0 Å². The van der Waals surface area contributed by atoms with Crippen molar-refractivity contribution in [2.45, 2.75) is 168 Å². The molecule has 3 heterocycles. The number of aliphatic carboxylic acids is 2. The van der Waals surface area contributed by atoms with E-state index in [0.29, 0.717) is 76.7 Å². The lowest BCUT2D eigenvalue weighted by Gasteiger charge is -2.08. The number of nitrogens with two attached hydrogens (primary N) is 1. The Labute approximate surface area is 503 Å². The number of carbonyl (C=O) groups is 8. The summed E-state index contributed by atoms with van der Waals surface area (Å²) >= 11 is 0. The van der Waals surface area contributed by atoms with Gasteiger partial charge in [-0.2, -0.15) is 8.42 Å². The number of nitrogens with one attached hydrogen (secondary N) is 4. The first-order valence-electron chi connectivity index (χ1n) is 29.4. The van der Waals surface area contributed by atoms with E-state index >= 15 is 0 Å². The molecular weight excluding hydrogens is 1120 g/mol. The van der Waals surface area contributed by atoms with E-state index in [9.17, 15) is 46.8 Å². The van der Waals surface area contributed by atoms with Gasteiger partial charge in [-0.05, 0) is 102 Å². The van der Waals surface area contributed by atoms with Crippen molar-refractivity contribution >= 4 is 107 Å². The van der Waals surface area contributed by atoms with E-state index in [1.54, 1.807) is 30.2 Å². The summed E-state index contributed by atoms with van der Waals surface area (Å²) in [5.74, 6) is -2.56. The SMILES string of the molecule is CCOC(=O)CCCCCCC(=O)Nc1cccc2cccnc12.CCOC(=O)CCCCCCC(=O)O.NS(=O)(=O)NC(=O)CCCCCCC(=O)Nc1cccc2cccnc12.O=C(O)CCCCCCC(=O)Nc1cccc2cccnc12. The van der Waals surface area contributed by atoms with Crippen LogP contribution in [0.1, 0.15) is 168 Å². The number of nitrogens with zero attached hydrogens (tertiary/aromatic N) is 3. The van der Waals surface area contributed by atoms with Gasteiger partial charge in [-0.1, -0.05) is 106 Å². The quantitative estimate of drug-likeness (QED) is 0.0146. The molecule has 0 bridgehead atoms. The fraction of sp³-hybridized carbons (Fsp3) is 0.444. The van der Waals surface area contributed by atoms with Crippen LogP contribution in [-0.4, -0.2) is 94.3 Å². The maximum absolute atomic E-state index is 12.1. The molecule has 0 saturated heterocycles. The van der Waals surface area contributed by atoms with Crippen molar-refractivity contribution in [2.24, 2.45) is 5.14 Å². The van der Waals surface area contributed by atoms with Crippen LogP contribution in [0.5, 0.6) is 0 Å². The molecule has 0 unspecified atom stereocenters. The first-order valence-corrected chi connectivity index (χ1v) is 30.9. The van der Waals surface area contributed by atoms with Gasteiger partial charge in [-0.3, -0.25) is 53.3 Å². The molecule has 3 aromatic carbocycles. The topological polar surface area (TPSA) is 342 Å². The molecule has 86 heavy (non-hydrogen) atoms. The number of carbonyl (C=O) groups excluding carboxylic acids is 6. The van der Waals surface area contributed by atoms with Crippen LogP contribution in [0.4, 0.5) is 17.1 Å². The number of esters is 2. The normalized spacial score (nSPS) is 10.6. The number of ether oxygens (including phenoxy) is 2. The fourth-order valence-electron chi connectivity index (χ4n) is 8.58. The van der Waals surface area contributed by atoms with Gasteiger partial charge in [-0.25, -0.2) is 9.86 Å². The molecule has 0 atom stereocenters. The molecule has 0 fully saturated rings. The average molecular weight is 1210 g/mol. The number of pyridine rings is 3. The highest BCUT2D eigenvalue weighted by Crippen LogP contribution is 2.24. The van der Waals surface area contributed by atoms with Crippen LogP contribution in [0.15, 0.2) is 110 Å². The number of rotatable bonds is 34. The summed E-state index contributed by atoms with van der Waals surface area (Å²) in [6, 6.07) is 28.5. The van der Waals surface area contributed by atoms with Crippen molar-refractivity contribution in [2.75, 3.05) is 29.2 Å². The van der Waals surface area contributed by atoms with Gasteiger partial charge in [0.1, 0.15) is 0 Å². The third-order valence-electron chi connectivity index (χ3n) is 12.7. The van der Waals surface area contributed by atoms with E-state index in [-0.39, 0.29) is 48.9 Å². The molecule has 0 spiro atoms. The Morgan fingerprint density at radius 2 is 0.663 bits per heavy atom. The lowest BCUT2D eigenvalue weighted by molar-refractivity contribution is -0.144. The molecule has 0 aliphatic carbocycles. The summed E-state index contributed by atoms with van der Waals surface area (Å²) in [6.07, 6.45) is 20.4. The van der Waals surface area contributed by atoms with Crippen LogP contribution in [0.25, 0.3) is 32.7 Å². The molecule has 6 aromatic rings. The molecule has 23 heteroatoms. The number of benzene rings is 3. The molecule has 466 valence electrons. The zero-order valence-electron chi connectivity index (χ0n) is 49.4. The van der Waals surface area contributed by atoms with Gasteiger partial charge in [0.2, 0.25) is 23.6 Å². The second-order valence-electron chi connectivity index (χ2n) is 19.9. The summed E-state index contributed by atoms with van der Waals surface area (Å²) in [5, 5.41) is 33.3.